The maximum atomic E-state index is 12.3. The second kappa shape index (κ2) is 7.16. The average Bonchev–Trinajstić information content (AvgIpc) is 3.32. The molecule has 1 aromatic heterocycles. The number of carbonyl (C=O) groups is 1. The van der Waals surface area contributed by atoms with Crippen LogP contribution in [0.2, 0.25) is 0 Å². The van der Waals surface area contributed by atoms with Crippen molar-refractivity contribution in [2.75, 3.05) is 6.79 Å². The van der Waals surface area contributed by atoms with Gasteiger partial charge < -0.3 is 9.47 Å². The third-order valence-corrected chi connectivity index (χ3v) is 5.14. The van der Waals surface area contributed by atoms with Crippen LogP contribution in [0.5, 0.6) is 11.5 Å². The van der Waals surface area contributed by atoms with E-state index in [4.69, 9.17) is 9.47 Å². The highest BCUT2D eigenvalue weighted by Crippen LogP contribution is 2.37. The smallest absolute Gasteiger partial charge is 0.282 e. The third kappa shape index (κ3) is 3.55. The molecule has 3 aromatic rings. The molecule has 0 fully saturated rings. The van der Waals surface area contributed by atoms with Crippen molar-refractivity contribution in [2.45, 2.75) is 0 Å². The van der Waals surface area contributed by atoms with E-state index < -0.39 is 15.8 Å². The number of non-ortho nitro benzene ring substituents is 1. The fraction of sp³-hybridized carbons (Fsp3) is 0.0588. The maximum absolute atomic E-state index is 12.3. The molecule has 2 heterocycles. The van der Waals surface area contributed by atoms with E-state index in [1.165, 1.54) is 30.3 Å². The molecule has 146 valence electrons. The highest BCUT2D eigenvalue weighted by molar-refractivity contribution is 7.20. The van der Waals surface area contributed by atoms with Gasteiger partial charge in [0.1, 0.15) is 0 Å². The summed E-state index contributed by atoms with van der Waals surface area (Å²) in [5.41, 5.74) is 2.10. The molecule has 0 unspecified atom stereocenters. The van der Waals surface area contributed by atoms with Gasteiger partial charge in [0.15, 0.2) is 11.5 Å². The van der Waals surface area contributed by atoms with Gasteiger partial charge in [-0.15, -0.1) is 11.3 Å². The fourth-order valence-electron chi connectivity index (χ4n) is 2.68. The normalized spacial score (nSPS) is 12.4. The number of hydrazone groups is 1. The molecular weight excluding hydrogens is 404 g/mol. The molecule has 0 atom stereocenters. The van der Waals surface area contributed by atoms with E-state index >= 15 is 0 Å². The molecule has 4 rings (SSSR count). The van der Waals surface area contributed by atoms with Crippen LogP contribution in [0.1, 0.15) is 15.2 Å². The topological polar surface area (TPSA) is 146 Å². The summed E-state index contributed by atoms with van der Waals surface area (Å²) < 4.78 is 11.0. The second-order valence-electron chi connectivity index (χ2n) is 5.81. The number of fused-ring (bicyclic) bond motifs is 2. The Morgan fingerprint density at radius 2 is 1.86 bits per heavy atom. The molecule has 1 aliphatic rings. The molecule has 0 aliphatic carbocycles. The Labute approximate surface area is 165 Å². The largest absolute Gasteiger partial charge is 0.454 e. The lowest BCUT2D eigenvalue weighted by atomic mass is 10.1. The molecule has 0 spiro atoms. The molecule has 29 heavy (non-hydrogen) atoms. The Morgan fingerprint density at radius 1 is 1.10 bits per heavy atom. The number of rotatable bonds is 5. The molecule has 0 saturated heterocycles. The molecule has 2 aromatic carbocycles. The molecule has 0 radical (unpaired) electrons. The predicted octanol–water partition coefficient (Wildman–Crippen LogP) is 3.21. The van der Waals surface area contributed by atoms with Crippen molar-refractivity contribution in [3.8, 4) is 11.5 Å². The van der Waals surface area contributed by atoms with Gasteiger partial charge in [-0.05, 0) is 18.2 Å². The highest BCUT2D eigenvalue weighted by atomic mass is 32.1. The fourth-order valence-corrected chi connectivity index (χ4v) is 3.61. The number of hydrogen-bond acceptors (Lipinski definition) is 9. The lowest BCUT2D eigenvalue weighted by Gasteiger charge is -2.01. The number of carbonyl (C=O) groups excluding carboxylic acids is 1. The summed E-state index contributed by atoms with van der Waals surface area (Å²) in [5, 5.41) is 26.4. The van der Waals surface area contributed by atoms with Crippen LogP contribution in [-0.4, -0.2) is 28.8 Å². The monoisotopic (exact) mass is 414 g/mol. The predicted molar refractivity (Wildman–Crippen MR) is 103 cm³/mol. The van der Waals surface area contributed by atoms with Crippen LogP contribution in [0.3, 0.4) is 0 Å². The minimum atomic E-state index is -0.593. The van der Waals surface area contributed by atoms with Crippen molar-refractivity contribution >= 4 is 44.9 Å². The highest BCUT2D eigenvalue weighted by Gasteiger charge is 2.22. The van der Waals surface area contributed by atoms with Gasteiger partial charge in [-0.2, -0.15) is 5.10 Å². The molecule has 1 N–H and O–H groups in total. The van der Waals surface area contributed by atoms with Gasteiger partial charge in [0.25, 0.3) is 17.3 Å². The number of thiophene rings is 1. The maximum Gasteiger partial charge on any atom is 0.282 e. The number of nitro benzene ring substituents is 2. The van der Waals surface area contributed by atoms with E-state index in [9.17, 15) is 25.0 Å². The van der Waals surface area contributed by atoms with E-state index in [1.807, 2.05) is 0 Å². The van der Waals surface area contributed by atoms with Crippen LogP contribution >= 0.6 is 11.3 Å². The van der Waals surface area contributed by atoms with Crippen LogP contribution in [0.15, 0.2) is 41.5 Å². The number of nitrogens with zero attached hydrogens (tertiary/aromatic N) is 3. The number of amides is 1. The zero-order valence-corrected chi connectivity index (χ0v) is 15.2. The summed E-state index contributed by atoms with van der Waals surface area (Å²) in [6, 6.07) is 8.44. The minimum absolute atomic E-state index is 0.0338. The number of nitrogens with one attached hydrogen (secondary N) is 1. The molecule has 0 bridgehead atoms. The number of benzene rings is 2. The summed E-state index contributed by atoms with van der Waals surface area (Å²) in [7, 11) is 0. The molecule has 1 aliphatic heterocycles. The van der Waals surface area contributed by atoms with Gasteiger partial charge >= 0.3 is 0 Å². The standard InChI is InChI=1S/C17H10N4O7S/c22-17(16-5-9-3-11(20(23)24)1-2-15(9)29-16)19-18-7-10-4-13-14(28-8-27-13)6-12(10)21(25)26/h1-7H,8H2,(H,19,22). The number of ether oxygens (including phenoxy) is 2. The van der Waals surface area contributed by atoms with Crippen LogP contribution < -0.4 is 14.9 Å². The second-order valence-corrected chi connectivity index (χ2v) is 6.89. The van der Waals surface area contributed by atoms with Crippen LogP contribution in [0.4, 0.5) is 11.4 Å². The average molecular weight is 414 g/mol. The Balaban J connectivity index is 1.54. The first-order valence-electron chi connectivity index (χ1n) is 8.02. The Bertz CT molecular complexity index is 1200. The van der Waals surface area contributed by atoms with E-state index in [1.54, 1.807) is 6.07 Å². The summed E-state index contributed by atoms with van der Waals surface area (Å²) in [5.74, 6) is 0.0558. The van der Waals surface area contributed by atoms with Crippen LogP contribution in [-0.2, 0) is 0 Å². The van der Waals surface area contributed by atoms with Crippen molar-refractivity contribution in [3.63, 3.8) is 0 Å². The van der Waals surface area contributed by atoms with Crippen molar-refractivity contribution < 1.29 is 24.1 Å². The molecule has 11 nitrogen and oxygen atoms in total. The molecule has 0 saturated carbocycles. The number of nitro groups is 2. The van der Waals surface area contributed by atoms with Crippen molar-refractivity contribution in [1.29, 1.82) is 0 Å². The van der Waals surface area contributed by atoms with E-state index in [0.717, 1.165) is 17.6 Å². The lowest BCUT2D eigenvalue weighted by Crippen LogP contribution is -2.16. The van der Waals surface area contributed by atoms with Gasteiger partial charge in [-0.1, -0.05) is 0 Å². The lowest BCUT2D eigenvalue weighted by molar-refractivity contribution is -0.385. The van der Waals surface area contributed by atoms with Gasteiger partial charge in [-0.3, -0.25) is 25.0 Å². The Morgan fingerprint density at radius 3 is 2.59 bits per heavy atom. The van der Waals surface area contributed by atoms with E-state index in [0.29, 0.717) is 15.8 Å². The first-order valence-corrected chi connectivity index (χ1v) is 8.83. The summed E-state index contributed by atoms with van der Waals surface area (Å²) in [4.78, 5) is 33.6. The first kappa shape index (κ1) is 18.3. The summed E-state index contributed by atoms with van der Waals surface area (Å²) in [6.45, 7) is -0.0338. The Kier molecular flexibility index (Phi) is 4.52. The zero-order valence-electron chi connectivity index (χ0n) is 14.4. The SMILES string of the molecule is O=C(NN=Cc1cc2c(cc1[N+](=O)[O-])OCO2)c1cc2cc([N+](=O)[O-])ccc2s1. The van der Waals surface area contributed by atoms with Crippen molar-refractivity contribution in [1.82, 2.24) is 5.43 Å². The van der Waals surface area contributed by atoms with E-state index in [-0.39, 0.29) is 34.4 Å². The third-order valence-electron chi connectivity index (χ3n) is 4.02. The number of hydrogen-bond donors (Lipinski definition) is 1. The van der Waals surface area contributed by atoms with Gasteiger partial charge in [0, 0.05) is 22.2 Å². The van der Waals surface area contributed by atoms with Gasteiger partial charge in [-0.25, -0.2) is 5.43 Å². The summed E-state index contributed by atoms with van der Waals surface area (Å²) >= 11 is 1.14. The Hall–Kier alpha value is -4.06. The molecular formula is C17H10N4O7S. The van der Waals surface area contributed by atoms with E-state index in [2.05, 4.69) is 10.5 Å². The first-order chi connectivity index (χ1) is 13.9. The van der Waals surface area contributed by atoms with Gasteiger partial charge in [0.2, 0.25) is 6.79 Å². The quantitative estimate of drug-likeness (QED) is 0.383. The van der Waals surface area contributed by atoms with Gasteiger partial charge in [0.05, 0.1) is 32.6 Å². The summed E-state index contributed by atoms with van der Waals surface area (Å²) in [6.07, 6.45) is 1.14. The van der Waals surface area contributed by atoms with Crippen LogP contribution in [0, 0.1) is 20.2 Å². The van der Waals surface area contributed by atoms with Crippen molar-refractivity contribution in [3.05, 3.63) is 67.1 Å². The minimum Gasteiger partial charge on any atom is -0.454 e. The molecule has 12 heteroatoms. The zero-order chi connectivity index (χ0) is 20.5. The molecule has 1 amide bonds. The van der Waals surface area contributed by atoms with Crippen LogP contribution in [0.25, 0.3) is 10.1 Å². The van der Waals surface area contributed by atoms with Crippen molar-refractivity contribution in [2.24, 2.45) is 5.10 Å².